The Balaban J connectivity index is 1.32. The first-order valence-corrected chi connectivity index (χ1v) is 12.3. The average Bonchev–Trinajstić information content (AvgIpc) is 3.23. The fraction of sp³-hybridized carbons (Fsp3) is 0.321. The molecule has 39 heavy (non-hydrogen) atoms. The molecule has 4 aromatic rings. The van der Waals surface area contributed by atoms with Crippen LogP contribution in [-0.2, 0) is 30.5 Å². The topological polar surface area (TPSA) is 86.8 Å². The summed E-state index contributed by atoms with van der Waals surface area (Å²) in [5.41, 5.74) is 0.163. The Hall–Kier alpha value is -4.28. The van der Waals surface area contributed by atoms with Crippen molar-refractivity contribution in [1.82, 2.24) is 14.5 Å². The Morgan fingerprint density at radius 1 is 1.10 bits per heavy atom. The Bertz CT molecular complexity index is 1600. The van der Waals surface area contributed by atoms with Crippen LogP contribution >= 0.6 is 0 Å². The molecule has 1 aromatic carbocycles. The van der Waals surface area contributed by atoms with Crippen LogP contribution in [0.25, 0.3) is 16.7 Å². The number of hydrogen-bond donors (Lipinski definition) is 0. The van der Waals surface area contributed by atoms with E-state index in [2.05, 4.69) is 4.98 Å². The highest BCUT2D eigenvalue weighted by Gasteiger charge is 2.32. The SMILES string of the molecule is CC(C)(C)OC(=O)N1CCc2oc3cc(-n4ccc(OCc5cccc(C(F)(F)F)n5)cc4=O)ccc3c2C1. The zero-order valence-corrected chi connectivity index (χ0v) is 21.5. The van der Waals surface area contributed by atoms with Gasteiger partial charge in [-0.1, -0.05) is 6.07 Å². The number of ether oxygens (including phenoxy) is 2. The van der Waals surface area contributed by atoms with E-state index in [-0.39, 0.29) is 24.1 Å². The monoisotopic (exact) mass is 541 g/mol. The number of furan rings is 1. The fourth-order valence-electron chi connectivity index (χ4n) is 4.34. The number of alkyl halides is 3. The first-order valence-electron chi connectivity index (χ1n) is 12.3. The maximum atomic E-state index is 12.9. The number of pyridine rings is 2. The first-order chi connectivity index (χ1) is 18.4. The van der Waals surface area contributed by atoms with Crippen LogP contribution in [0.2, 0.25) is 0 Å². The Kier molecular flexibility index (Phi) is 6.61. The van der Waals surface area contributed by atoms with Crippen LogP contribution in [0, 0.1) is 0 Å². The number of hydrogen-bond acceptors (Lipinski definition) is 6. The molecule has 1 aliphatic heterocycles. The second-order valence-electron chi connectivity index (χ2n) is 10.2. The van der Waals surface area contributed by atoms with Crippen LogP contribution in [0.4, 0.5) is 18.0 Å². The molecule has 0 N–H and O–H groups in total. The van der Waals surface area contributed by atoms with Gasteiger partial charge in [0.2, 0.25) is 0 Å². The van der Waals surface area contributed by atoms with E-state index >= 15 is 0 Å². The molecule has 0 bridgehead atoms. The summed E-state index contributed by atoms with van der Waals surface area (Å²) in [6, 6.07) is 11.7. The molecule has 11 heteroatoms. The normalized spacial score (nSPS) is 13.8. The molecule has 0 saturated heterocycles. The van der Waals surface area contributed by atoms with Crippen molar-refractivity contribution in [3.8, 4) is 11.4 Å². The van der Waals surface area contributed by atoms with Gasteiger partial charge in [-0.2, -0.15) is 13.2 Å². The van der Waals surface area contributed by atoms with Crippen LogP contribution in [0.15, 0.2) is 63.9 Å². The molecule has 0 atom stereocenters. The molecule has 8 nitrogen and oxygen atoms in total. The van der Waals surface area contributed by atoms with Gasteiger partial charge in [0.05, 0.1) is 17.9 Å². The van der Waals surface area contributed by atoms with Gasteiger partial charge in [0.15, 0.2) is 0 Å². The lowest BCUT2D eigenvalue weighted by molar-refractivity contribution is -0.141. The van der Waals surface area contributed by atoms with E-state index in [0.717, 1.165) is 22.8 Å². The number of amides is 1. The lowest BCUT2D eigenvalue weighted by Crippen LogP contribution is -2.39. The summed E-state index contributed by atoms with van der Waals surface area (Å²) in [7, 11) is 0. The second kappa shape index (κ2) is 9.79. The third-order valence-electron chi connectivity index (χ3n) is 6.12. The van der Waals surface area contributed by atoms with Gasteiger partial charge in [0, 0.05) is 42.2 Å². The van der Waals surface area contributed by atoms with Gasteiger partial charge in [0.25, 0.3) is 5.56 Å². The number of benzene rings is 1. The number of nitrogens with zero attached hydrogens (tertiary/aromatic N) is 3. The first kappa shape index (κ1) is 26.3. The molecule has 4 heterocycles. The molecule has 1 aliphatic rings. The number of rotatable bonds is 4. The highest BCUT2D eigenvalue weighted by Crippen LogP contribution is 2.32. The maximum Gasteiger partial charge on any atom is 0.433 e. The van der Waals surface area contributed by atoms with Crippen molar-refractivity contribution in [3.05, 3.63) is 87.8 Å². The lowest BCUT2D eigenvalue weighted by atomic mass is 10.0. The van der Waals surface area contributed by atoms with E-state index in [4.69, 9.17) is 13.9 Å². The zero-order chi connectivity index (χ0) is 27.9. The van der Waals surface area contributed by atoms with Crippen molar-refractivity contribution in [1.29, 1.82) is 0 Å². The molecule has 0 fully saturated rings. The third kappa shape index (κ3) is 5.76. The van der Waals surface area contributed by atoms with Crippen molar-refractivity contribution in [3.63, 3.8) is 0 Å². The van der Waals surface area contributed by atoms with Crippen LogP contribution in [0.1, 0.15) is 43.5 Å². The summed E-state index contributed by atoms with van der Waals surface area (Å²) in [6.45, 7) is 6.09. The summed E-state index contributed by atoms with van der Waals surface area (Å²) in [6.07, 6.45) is -2.86. The van der Waals surface area contributed by atoms with Gasteiger partial charge in [-0.3, -0.25) is 9.36 Å². The fourth-order valence-corrected chi connectivity index (χ4v) is 4.34. The van der Waals surface area contributed by atoms with Gasteiger partial charge < -0.3 is 18.8 Å². The van der Waals surface area contributed by atoms with E-state index in [1.807, 2.05) is 26.8 Å². The second-order valence-corrected chi connectivity index (χ2v) is 10.2. The molecule has 3 aromatic heterocycles. The van der Waals surface area contributed by atoms with Gasteiger partial charge in [-0.05, 0) is 51.1 Å². The predicted octanol–water partition coefficient (Wildman–Crippen LogP) is 5.87. The maximum absolute atomic E-state index is 12.9. The third-order valence-corrected chi connectivity index (χ3v) is 6.12. The molecule has 0 aliphatic carbocycles. The largest absolute Gasteiger partial charge is 0.487 e. The van der Waals surface area contributed by atoms with E-state index in [1.165, 1.54) is 29.0 Å². The molecule has 204 valence electrons. The van der Waals surface area contributed by atoms with Gasteiger partial charge >= 0.3 is 12.3 Å². The van der Waals surface area contributed by atoms with Crippen LogP contribution in [0.5, 0.6) is 5.75 Å². The van der Waals surface area contributed by atoms with Crippen molar-refractivity contribution < 1.29 is 31.9 Å². The van der Waals surface area contributed by atoms with E-state index < -0.39 is 23.0 Å². The summed E-state index contributed by atoms with van der Waals surface area (Å²) in [5.74, 6) is 0.994. The van der Waals surface area contributed by atoms with E-state index in [9.17, 15) is 22.8 Å². The van der Waals surface area contributed by atoms with Crippen molar-refractivity contribution in [2.45, 2.75) is 52.1 Å². The molecule has 1 amide bonds. The lowest BCUT2D eigenvalue weighted by Gasteiger charge is -2.29. The van der Waals surface area contributed by atoms with E-state index in [1.54, 1.807) is 23.1 Å². The number of carbonyl (C=O) groups excluding carboxylic acids is 1. The minimum Gasteiger partial charge on any atom is -0.487 e. The average molecular weight is 542 g/mol. The summed E-state index contributed by atoms with van der Waals surface area (Å²) < 4.78 is 57.1. The summed E-state index contributed by atoms with van der Waals surface area (Å²) in [4.78, 5) is 30.6. The van der Waals surface area contributed by atoms with Crippen LogP contribution in [-0.4, -0.2) is 32.7 Å². The van der Waals surface area contributed by atoms with Gasteiger partial charge in [-0.25, -0.2) is 9.78 Å². The Morgan fingerprint density at radius 3 is 2.62 bits per heavy atom. The predicted molar refractivity (Wildman–Crippen MR) is 136 cm³/mol. The molecule has 0 saturated carbocycles. The Morgan fingerprint density at radius 2 is 1.90 bits per heavy atom. The standard InChI is InChI=1S/C28H26F3N3O5/c1-27(2,3)39-26(36)33-11-10-22-21(15-33)20-8-7-18(13-23(20)38-22)34-12-9-19(14-25(34)35)37-16-17-5-4-6-24(32-17)28(29,30)31/h4-9,12-14H,10-11,15-16H2,1-3H3. The molecular formula is C28H26F3N3O5. The summed E-state index contributed by atoms with van der Waals surface area (Å²) >= 11 is 0. The van der Waals surface area contributed by atoms with Crippen LogP contribution in [0.3, 0.4) is 0 Å². The summed E-state index contributed by atoms with van der Waals surface area (Å²) in [5, 5.41) is 0.851. The minimum atomic E-state index is -4.55. The van der Waals surface area contributed by atoms with Crippen molar-refractivity contribution in [2.24, 2.45) is 0 Å². The van der Waals surface area contributed by atoms with Crippen molar-refractivity contribution >= 4 is 17.1 Å². The van der Waals surface area contributed by atoms with Gasteiger partial charge in [-0.15, -0.1) is 0 Å². The molecule has 0 radical (unpaired) electrons. The number of halogens is 3. The number of carbonyl (C=O) groups is 1. The molecule has 0 spiro atoms. The van der Waals surface area contributed by atoms with Crippen LogP contribution < -0.4 is 10.3 Å². The zero-order valence-electron chi connectivity index (χ0n) is 21.5. The van der Waals surface area contributed by atoms with E-state index in [0.29, 0.717) is 30.8 Å². The smallest absolute Gasteiger partial charge is 0.433 e. The highest BCUT2D eigenvalue weighted by molar-refractivity contribution is 5.85. The molecule has 5 rings (SSSR count). The molecular weight excluding hydrogens is 515 g/mol. The molecule has 0 unspecified atom stereocenters. The van der Waals surface area contributed by atoms with Gasteiger partial charge in [0.1, 0.15) is 35.0 Å². The quantitative estimate of drug-likeness (QED) is 0.321. The number of fused-ring (bicyclic) bond motifs is 3. The Labute approximate surface area is 221 Å². The number of aromatic nitrogens is 2. The van der Waals surface area contributed by atoms with Crippen molar-refractivity contribution in [2.75, 3.05) is 6.54 Å². The minimum absolute atomic E-state index is 0.0893. The highest BCUT2D eigenvalue weighted by atomic mass is 19.4.